The summed E-state index contributed by atoms with van der Waals surface area (Å²) in [6, 6.07) is 36.0. The summed E-state index contributed by atoms with van der Waals surface area (Å²) in [7, 11) is 1.29. The molecule has 0 unspecified atom stereocenters. The Labute approximate surface area is 528 Å². The van der Waals surface area contributed by atoms with Gasteiger partial charge in [-0.2, -0.15) is 0 Å². The number of methoxy groups -OCH3 is 1. The number of nitrogens with zero attached hydrogens (tertiary/aromatic N) is 19. The zero-order valence-electron chi connectivity index (χ0n) is 50.8. The molecule has 12 rings (SSSR count). The first-order valence-corrected chi connectivity index (χ1v) is 29.0. The quantitative estimate of drug-likeness (QED) is 0.0331. The van der Waals surface area contributed by atoms with Crippen molar-refractivity contribution in [3.63, 3.8) is 0 Å². The Bertz CT molecular complexity index is 4610. The number of carbonyl (C=O) groups is 6. The lowest BCUT2D eigenvalue weighted by Gasteiger charge is -2.18. The number of aromatic nitrogens is 18. The molecule has 28 nitrogen and oxygen atoms in total. The van der Waals surface area contributed by atoms with Crippen LogP contribution in [0.25, 0.3) is 67.9 Å². The summed E-state index contributed by atoms with van der Waals surface area (Å²) in [5, 5.41) is 53.5. The molecule has 6 aromatic carbocycles. The molecule has 0 atom stereocenters. The molecular formula is C65H55N19O9. The smallest absolute Gasteiger partial charge is 0.338 e. The van der Waals surface area contributed by atoms with Gasteiger partial charge in [-0.25, -0.2) is 42.5 Å². The van der Waals surface area contributed by atoms with E-state index in [0.717, 1.165) is 5.56 Å². The van der Waals surface area contributed by atoms with Gasteiger partial charge >= 0.3 is 17.9 Å². The third-order valence-electron chi connectivity index (χ3n) is 14.8. The lowest BCUT2D eigenvalue weighted by molar-refractivity contribution is 0.0517. The zero-order valence-corrected chi connectivity index (χ0v) is 50.8. The number of carbonyl (C=O) groups excluding carboxylic acids is 6. The number of esters is 3. The van der Waals surface area contributed by atoms with Crippen LogP contribution in [0.4, 0.5) is 0 Å². The number of hydrogen-bond donors (Lipinski definition) is 0. The summed E-state index contributed by atoms with van der Waals surface area (Å²) < 4.78 is 24.6. The number of benzene rings is 6. The van der Waals surface area contributed by atoms with Crippen LogP contribution >= 0.6 is 0 Å². The minimum Gasteiger partial charge on any atom is -0.465 e. The van der Waals surface area contributed by atoms with Gasteiger partial charge in [0.2, 0.25) is 0 Å². The Balaban J connectivity index is 0.846. The first-order chi connectivity index (χ1) is 45.0. The average Bonchev–Trinajstić information content (AvgIpc) is 1.79. The van der Waals surface area contributed by atoms with Crippen LogP contribution < -0.4 is 0 Å². The third kappa shape index (κ3) is 13.6. The van der Waals surface area contributed by atoms with Crippen molar-refractivity contribution in [3.8, 4) is 67.9 Å². The fourth-order valence-corrected chi connectivity index (χ4v) is 9.99. The van der Waals surface area contributed by atoms with Gasteiger partial charge in [0.05, 0.1) is 125 Å². The summed E-state index contributed by atoms with van der Waals surface area (Å²) in [4.78, 5) is 77.9. The van der Waals surface area contributed by atoms with Gasteiger partial charge in [-0.05, 0) is 113 Å². The molecule has 464 valence electrons. The zero-order chi connectivity index (χ0) is 64.9. The van der Waals surface area contributed by atoms with E-state index in [1.54, 1.807) is 197 Å². The van der Waals surface area contributed by atoms with E-state index in [2.05, 4.69) is 61.9 Å². The second-order valence-corrected chi connectivity index (χ2v) is 21.3. The van der Waals surface area contributed by atoms with Gasteiger partial charge in [-0.3, -0.25) is 19.3 Å². The van der Waals surface area contributed by atoms with E-state index >= 15 is 0 Å². The van der Waals surface area contributed by atoms with E-state index < -0.39 is 17.9 Å². The molecular weight excluding hydrogens is 1190 g/mol. The van der Waals surface area contributed by atoms with Crippen molar-refractivity contribution in [2.24, 2.45) is 0 Å². The Hall–Kier alpha value is -12.5. The Morgan fingerprint density at radius 2 is 0.624 bits per heavy atom. The van der Waals surface area contributed by atoms with Crippen LogP contribution in [-0.2, 0) is 33.8 Å². The summed E-state index contributed by atoms with van der Waals surface area (Å²) in [5.74, 6) is -1.95. The van der Waals surface area contributed by atoms with Gasteiger partial charge in [0.25, 0.3) is 0 Å². The van der Waals surface area contributed by atoms with Crippen LogP contribution in [0, 0.1) is 0 Å². The summed E-state index contributed by atoms with van der Waals surface area (Å²) in [5.41, 5.74) is 10.5. The van der Waals surface area contributed by atoms with Crippen LogP contribution in [0.3, 0.4) is 0 Å². The molecule has 0 fully saturated rings. The first kappa shape index (κ1) is 60.8. The summed E-state index contributed by atoms with van der Waals surface area (Å²) in [6.45, 7) is 8.89. The lowest BCUT2D eigenvalue weighted by Crippen LogP contribution is -2.23. The Morgan fingerprint density at radius 3 is 0.914 bits per heavy atom. The van der Waals surface area contributed by atoms with Crippen molar-refractivity contribution in [3.05, 3.63) is 215 Å². The molecule has 0 amide bonds. The van der Waals surface area contributed by atoms with Gasteiger partial charge in [0.15, 0.2) is 17.3 Å². The highest BCUT2D eigenvalue weighted by atomic mass is 16.5. The van der Waals surface area contributed by atoms with Crippen molar-refractivity contribution in [1.82, 2.24) is 94.9 Å². The molecule has 12 aromatic rings. The minimum absolute atomic E-state index is 0.0649. The second-order valence-electron chi connectivity index (χ2n) is 21.3. The predicted molar refractivity (Wildman–Crippen MR) is 331 cm³/mol. The van der Waals surface area contributed by atoms with Crippen molar-refractivity contribution in [2.75, 3.05) is 20.3 Å². The van der Waals surface area contributed by atoms with Crippen LogP contribution in [-0.4, -0.2) is 150 Å². The highest BCUT2D eigenvalue weighted by Gasteiger charge is 2.21. The largest absolute Gasteiger partial charge is 0.465 e. The van der Waals surface area contributed by atoms with Crippen molar-refractivity contribution < 1.29 is 43.0 Å². The van der Waals surface area contributed by atoms with E-state index in [1.807, 2.05) is 4.90 Å². The van der Waals surface area contributed by atoms with E-state index in [9.17, 15) is 28.8 Å². The topological polar surface area (TPSA) is 318 Å². The highest BCUT2D eigenvalue weighted by molar-refractivity contribution is 5.97. The van der Waals surface area contributed by atoms with Gasteiger partial charge in [-0.15, -0.1) is 30.6 Å². The molecule has 0 aliphatic carbocycles. The monoisotopic (exact) mass is 1250 g/mol. The van der Waals surface area contributed by atoms with Crippen LogP contribution in [0.15, 0.2) is 165 Å². The highest BCUT2D eigenvalue weighted by Crippen LogP contribution is 2.27. The van der Waals surface area contributed by atoms with E-state index in [4.69, 9.17) is 14.2 Å². The Morgan fingerprint density at radius 1 is 0.344 bits per heavy atom. The van der Waals surface area contributed by atoms with Crippen molar-refractivity contribution in [2.45, 2.75) is 54.3 Å². The van der Waals surface area contributed by atoms with E-state index in [0.29, 0.717) is 107 Å². The molecule has 0 bridgehead atoms. The fourth-order valence-electron chi connectivity index (χ4n) is 9.99. The predicted octanol–water partition coefficient (Wildman–Crippen LogP) is 8.12. The molecule has 0 N–H and O–H groups in total. The molecule has 0 aliphatic heterocycles. The maximum absolute atomic E-state index is 13.2. The lowest BCUT2D eigenvalue weighted by atomic mass is 10.1. The molecule has 6 heterocycles. The SMILES string of the molecule is CCOC(=O)c1ccc(-c2cn(-c3cc(C(C)=O)cc(-n4cc(CN(Cc5cn(-c6cc(C(C)=O)cc(-n7cc(-c8ccc(C(=O)OCC)cc8)nn7)c6)nn5)Cc5cn(-c6cc(C(=O)OC)cc(-n7cc(-c8ccc(C(C)=O)cc8)nn7)c6)nn5)nn4)c3)nn2)cc1. The minimum atomic E-state index is -0.605. The average molecular weight is 1250 g/mol. The third-order valence-corrected chi connectivity index (χ3v) is 14.8. The second kappa shape index (κ2) is 26.3. The van der Waals surface area contributed by atoms with E-state index in [1.165, 1.54) is 37.2 Å². The van der Waals surface area contributed by atoms with Gasteiger partial charge in [0.1, 0.15) is 17.1 Å². The number of Topliss-reactive ketones (excluding diaryl/α,β-unsaturated/α-hetero) is 3. The number of ether oxygens (including phenoxy) is 3. The standard InChI is InChI=1S/C65H55N19O9/c1-7-92-64(89)46-17-13-44(14-18-46)61-36-82(75-70-61)56-23-48(40(4)86)21-54(27-56)79-33-51(66-72-79)30-78(32-53-35-81(74-68-53)58-25-50(63(88)91-6)26-59(29-58)84-38-60(69-77-84)43-11-9-42(10-12-43)39(3)85)31-52-34-80(73-67-52)55-22-49(41(5)87)24-57(28-55)83-37-62(71-76-83)45-15-19-47(20-16-45)65(90)93-8-2/h9-29,33-38H,7-8,30-32H2,1-6H3. The summed E-state index contributed by atoms with van der Waals surface area (Å²) >= 11 is 0. The van der Waals surface area contributed by atoms with Crippen LogP contribution in [0.5, 0.6) is 0 Å². The van der Waals surface area contributed by atoms with Crippen LogP contribution in [0.2, 0.25) is 0 Å². The molecule has 0 radical (unpaired) electrons. The van der Waals surface area contributed by atoms with Gasteiger partial charge in [-0.1, -0.05) is 79.8 Å². The number of rotatable bonds is 23. The Kier molecular flexibility index (Phi) is 17.2. The molecule has 0 aliphatic rings. The van der Waals surface area contributed by atoms with E-state index in [-0.39, 0.29) is 55.8 Å². The molecule has 93 heavy (non-hydrogen) atoms. The molecule has 0 saturated heterocycles. The molecule has 6 aromatic heterocycles. The maximum atomic E-state index is 13.2. The number of ketones is 3. The van der Waals surface area contributed by atoms with Crippen LogP contribution in [0.1, 0.15) is 114 Å². The van der Waals surface area contributed by atoms with Crippen molar-refractivity contribution in [1.29, 1.82) is 0 Å². The first-order valence-electron chi connectivity index (χ1n) is 29.0. The molecule has 28 heteroatoms. The van der Waals surface area contributed by atoms with Gasteiger partial charge < -0.3 is 14.2 Å². The summed E-state index contributed by atoms with van der Waals surface area (Å²) in [6.07, 6.45) is 10.3. The molecule has 0 spiro atoms. The molecule has 0 saturated carbocycles. The van der Waals surface area contributed by atoms with Gasteiger partial charge in [0, 0.05) is 53.0 Å². The fraction of sp³-hybridized carbons (Fsp3) is 0.169. The number of hydrogen-bond acceptors (Lipinski definition) is 22. The normalized spacial score (nSPS) is 11.3. The maximum Gasteiger partial charge on any atom is 0.338 e. The van der Waals surface area contributed by atoms with Crippen molar-refractivity contribution >= 4 is 35.3 Å².